The van der Waals surface area contributed by atoms with Crippen LogP contribution in [0.5, 0.6) is 0 Å². The van der Waals surface area contributed by atoms with Gasteiger partial charge in [0.15, 0.2) is 0 Å². The van der Waals surface area contributed by atoms with Gasteiger partial charge in [-0.15, -0.1) is 0 Å². The Kier molecular flexibility index (Phi) is 8.10. The summed E-state index contributed by atoms with van der Waals surface area (Å²) in [4.78, 5) is 27.3. The first-order valence-electron chi connectivity index (χ1n) is 10.1. The third-order valence-corrected chi connectivity index (χ3v) is 5.63. The average molecular weight is 455 g/mol. The quantitative estimate of drug-likeness (QED) is 0.461. The number of nitrogens with one attached hydrogen (secondary N) is 1. The Bertz CT molecular complexity index is 1030. The lowest BCUT2D eigenvalue weighted by molar-refractivity contribution is -0.116. The summed E-state index contributed by atoms with van der Waals surface area (Å²) in [6.07, 6.45) is 1.58. The number of aryl methyl sites for hydroxylation is 2. The summed E-state index contributed by atoms with van der Waals surface area (Å²) >= 11 is 12.3. The highest BCUT2D eigenvalue weighted by Crippen LogP contribution is 2.29. The smallest absolute Gasteiger partial charge is 0.254 e. The minimum Gasteiger partial charge on any atom is -0.330 e. The van der Waals surface area contributed by atoms with Crippen molar-refractivity contribution in [1.29, 1.82) is 0 Å². The van der Waals surface area contributed by atoms with Crippen LogP contribution < -0.4 is 5.32 Å². The largest absolute Gasteiger partial charge is 0.330 e. The molecule has 0 fully saturated rings. The molecular formula is C25H24Cl2N2O2. The molecule has 0 atom stereocenters. The molecule has 6 heteroatoms. The van der Waals surface area contributed by atoms with E-state index in [4.69, 9.17) is 23.2 Å². The second-order valence-electron chi connectivity index (χ2n) is 7.11. The van der Waals surface area contributed by atoms with E-state index in [0.717, 1.165) is 18.4 Å². The van der Waals surface area contributed by atoms with Crippen LogP contribution in [0.2, 0.25) is 10.0 Å². The molecule has 0 aliphatic rings. The Labute approximate surface area is 192 Å². The van der Waals surface area contributed by atoms with Gasteiger partial charge in [-0.2, -0.15) is 0 Å². The highest BCUT2D eigenvalue weighted by atomic mass is 35.5. The maximum atomic E-state index is 13.2. The van der Waals surface area contributed by atoms with Gasteiger partial charge in [0, 0.05) is 12.1 Å². The Morgan fingerprint density at radius 2 is 1.48 bits per heavy atom. The predicted molar refractivity (Wildman–Crippen MR) is 127 cm³/mol. The minimum atomic E-state index is -0.355. The molecular weight excluding hydrogens is 431 g/mol. The normalized spacial score (nSPS) is 10.5. The number of nitrogens with zero attached hydrogens (tertiary/aromatic N) is 1. The molecule has 0 heterocycles. The van der Waals surface area contributed by atoms with E-state index >= 15 is 0 Å². The molecule has 0 radical (unpaired) electrons. The molecule has 0 saturated carbocycles. The van der Waals surface area contributed by atoms with Gasteiger partial charge >= 0.3 is 0 Å². The van der Waals surface area contributed by atoms with E-state index in [9.17, 15) is 9.59 Å². The number of anilines is 1. The Morgan fingerprint density at radius 3 is 2.16 bits per heavy atom. The van der Waals surface area contributed by atoms with E-state index in [1.165, 1.54) is 10.5 Å². The second-order valence-corrected chi connectivity index (χ2v) is 7.92. The Hall–Kier alpha value is -2.82. The van der Waals surface area contributed by atoms with Crippen LogP contribution in [0.15, 0.2) is 72.8 Å². The van der Waals surface area contributed by atoms with Crippen LogP contribution >= 0.6 is 23.2 Å². The SMILES string of the molecule is CCN(CC(=O)Nc1c(Cl)cccc1Cl)C(=O)c1ccccc1CCc1ccccc1. The van der Waals surface area contributed by atoms with E-state index in [2.05, 4.69) is 17.4 Å². The van der Waals surface area contributed by atoms with Crippen LogP contribution in [0.4, 0.5) is 5.69 Å². The van der Waals surface area contributed by atoms with Gasteiger partial charge in [-0.05, 0) is 49.1 Å². The molecule has 3 aromatic rings. The molecule has 0 bridgehead atoms. The summed E-state index contributed by atoms with van der Waals surface area (Å²) in [5.74, 6) is -0.529. The predicted octanol–water partition coefficient (Wildman–Crippen LogP) is 5.88. The topological polar surface area (TPSA) is 49.4 Å². The average Bonchev–Trinajstić information content (AvgIpc) is 2.79. The number of rotatable bonds is 8. The van der Waals surface area contributed by atoms with Crippen LogP contribution in [0, 0.1) is 0 Å². The zero-order valence-corrected chi connectivity index (χ0v) is 18.8. The number of likely N-dealkylation sites (N-methyl/N-ethyl adjacent to an activating group) is 1. The minimum absolute atomic E-state index is 0.0933. The second kappa shape index (κ2) is 11.0. The number of hydrogen-bond donors (Lipinski definition) is 1. The number of para-hydroxylation sites is 1. The highest BCUT2D eigenvalue weighted by Gasteiger charge is 2.20. The standard InChI is InChI=1S/C25H24Cl2N2O2/c1-2-29(17-23(30)28-24-21(26)13-8-14-22(24)27)25(31)20-12-7-6-11-19(20)16-15-18-9-4-3-5-10-18/h3-14H,2,15-17H2,1H3,(H,28,30). The molecule has 4 nitrogen and oxygen atoms in total. The third-order valence-electron chi connectivity index (χ3n) is 5.00. The maximum Gasteiger partial charge on any atom is 0.254 e. The van der Waals surface area contributed by atoms with Crippen LogP contribution in [-0.4, -0.2) is 29.8 Å². The number of amides is 2. The first-order chi connectivity index (χ1) is 15.0. The fraction of sp³-hybridized carbons (Fsp3) is 0.200. The van der Waals surface area contributed by atoms with Gasteiger partial charge in [0.1, 0.15) is 6.54 Å². The van der Waals surface area contributed by atoms with Gasteiger partial charge in [0.2, 0.25) is 5.91 Å². The van der Waals surface area contributed by atoms with Crippen molar-refractivity contribution >= 4 is 40.7 Å². The maximum absolute atomic E-state index is 13.2. The van der Waals surface area contributed by atoms with E-state index in [-0.39, 0.29) is 18.4 Å². The molecule has 1 N–H and O–H groups in total. The van der Waals surface area contributed by atoms with E-state index in [1.807, 2.05) is 49.4 Å². The Balaban J connectivity index is 1.71. The van der Waals surface area contributed by atoms with Gasteiger partial charge < -0.3 is 10.2 Å². The highest BCUT2D eigenvalue weighted by molar-refractivity contribution is 6.39. The zero-order valence-electron chi connectivity index (χ0n) is 17.3. The molecule has 0 spiro atoms. The molecule has 0 aliphatic heterocycles. The van der Waals surface area contributed by atoms with E-state index < -0.39 is 0 Å². The fourth-order valence-electron chi connectivity index (χ4n) is 3.34. The molecule has 0 unspecified atom stereocenters. The number of hydrogen-bond acceptors (Lipinski definition) is 2. The fourth-order valence-corrected chi connectivity index (χ4v) is 3.83. The van der Waals surface area contributed by atoms with Gasteiger partial charge in [-0.3, -0.25) is 9.59 Å². The van der Waals surface area contributed by atoms with Crippen molar-refractivity contribution in [3.05, 3.63) is 99.5 Å². The number of halogens is 2. The number of benzene rings is 3. The number of carbonyl (C=O) groups excluding carboxylic acids is 2. The number of carbonyl (C=O) groups is 2. The Morgan fingerprint density at radius 1 is 0.839 bits per heavy atom. The summed E-state index contributed by atoms with van der Waals surface area (Å²) in [7, 11) is 0. The third kappa shape index (κ3) is 6.09. The van der Waals surface area contributed by atoms with Gasteiger partial charge in [-0.25, -0.2) is 0 Å². The summed E-state index contributed by atoms with van der Waals surface area (Å²) in [6, 6.07) is 22.7. The molecule has 0 aliphatic carbocycles. The summed E-state index contributed by atoms with van der Waals surface area (Å²) in [5, 5.41) is 3.41. The van der Waals surface area contributed by atoms with Crippen LogP contribution in [-0.2, 0) is 17.6 Å². The van der Waals surface area contributed by atoms with Crippen molar-refractivity contribution < 1.29 is 9.59 Å². The lowest BCUT2D eigenvalue weighted by Crippen LogP contribution is -2.38. The van der Waals surface area contributed by atoms with E-state index in [1.54, 1.807) is 18.2 Å². The molecule has 2 amide bonds. The summed E-state index contributed by atoms with van der Waals surface area (Å²) < 4.78 is 0. The van der Waals surface area contributed by atoms with Crippen LogP contribution in [0.3, 0.4) is 0 Å². The van der Waals surface area contributed by atoms with Crippen LogP contribution in [0.25, 0.3) is 0 Å². The first-order valence-corrected chi connectivity index (χ1v) is 10.9. The summed E-state index contributed by atoms with van der Waals surface area (Å²) in [6.45, 7) is 2.15. The van der Waals surface area contributed by atoms with Crippen molar-refractivity contribution in [1.82, 2.24) is 4.90 Å². The first kappa shape index (κ1) is 22.9. The van der Waals surface area contributed by atoms with Crippen molar-refractivity contribution in [3.63, 3.8) is 0 Å². The molecule has 0 aromatic heterocycles. The van der Waals surface area contributed by atoms with E-state index in [0.29, 0.717) is 27.8 Å². The lowest BCUT2D eigenvalue weighted by atomic mass is 9.99. The molecule has 31 heavy (non-hydrogen) atoms. The molecule has 3 aromatic carbocycles. The lowest BCUT2D eigenvalue weighted by Gasteiger charge is -2.22. The monoisotopic (exact) mass is 454 g/mol. The van der Waals surface area contributed by atoms with Crippen LogP contribution in [0.1, 0.15) is 28.4 Å². The summed E-state index contributed by atoms with van der Waals surface area (Å²) in [5.41, 5.74) is 3.14. The van der Waals surface area contributed by atoms with Gasteiger partial charge in [-0.1, -0.05) is 77.8 Å². The molecule has 0 saturated heterocycles. The van der Waals surface area contributed by atoms with Gasteiger partial charge in [0.05, 0.1) is 15.7 Å². The van der Waals surface area contributed by atoms with Crippen molar-refractivity contribution in [2.75, 3.05) is 18.4 Å². The van der Waals surface area contributed by atoms with Crippen molar-refractivity contribution in [2.45, 2.75) is 19.8 Å². The van der Waals surface area contributed by atoms with Crippen molar-refractivity contribution in [3.8, 4) is 0 Å². The zero-order chi connectivity index (χ0) is 22.2. The molecule has 160 valence electrons. The molecule has 3 rings (SSSR count). The van der Waals surface area contributed by atoms with Gasteiger partial charge in [0.25, 0.3) is 5.91 Å². The van der Waals surface area contributed by atoms with Crippen molar-refractivity contribution in [2.24, 2.45) is 0 Å².